The van der Waals surface area contributed by atoms with Crippen LogP contribution in [-0.2, 0) is 9.59 Å². The van der Waals surface area contributed by atoms with Gasteiger partial charge in [0.05, 0.1) is 11.8 Å². The van der Waals surface area contributed by atoms with Crippen LogP contribution in [0.2, 0.25) is 5.02 Å². The predicted octanol–water partition coefficient (Wildman–Crippen LogP) is 2.23. The summed E-state index contributed by atoms with van der Waals surface area (Å²) < 4.78 is 0. The van der Waals surface area contributed by atoms with E-state index in [1.54, 1.807) is 28.8 Å². The highest BCUT2D eigenvalue weighted by Gasteiger charge is 2.37. The third-order valence-corrected chi connectivity index (χ3v) is 4.89. The van der Waals surface area contributed by atoms with Crippen LogP contribution < -0.4 is 4.90 Å². The lowest BCUT2D eigenvalue weighted by Crippen LogP contribution is -2.35. The van der Waals surface area contributed by atoms with Crippen LogP contribution in [-0.4, -0.2) is 41.4 Å². The first-order valence-electron chi connectivity index (χ1n) is 6.57. The summed E-state index contributed by atoms with van der Waals surface area (Å²) in [7, 11) is 0. The Bertz CT molecular complexity index is 528. The number of anilines is 1. The van der Waals surface area contributed by atoms with E-state index in [1.807, 2.05) is 17.0 Å². The number of hydrogen-bond acceptors (Lipinski definition) is 3. The highest BCUT2D eigenvalue weighted by Crippen LogP contribution is 2.28. The van der Waals surface area contributed by atoms with E-state index in [4.69, 9.17) is 11.6 Å². The van der Waals surface area contributed by atoms with Gasteiger partial charge in [-0.05, 0) is 24.3 Å². The van der Waals surface area contributed by atoms with Gasteiger partial charge in [-0.25, -0.2) is 0 Å². The number of amides is 2. The van der Waals surface area contributed by atoms with Crippen molar-refractivity contribution in [1.29, 1.82) is 0 Å². The van der Waals surface area contributed by atoms with E-state index >= 15 is 0 Å². The van der Waals surface area contributed by atoms with Crippen molar-refractivity contribution in [2.75, 3.05) is 29.6 Å². The highest BCUT2D eigenvalue weighted by molar-refractivity contribution is 7.99. The normalized spacial score (nSPS) is 22.6. The Kier molecular flexibility index (Phi) is 3.89. The summed E-state index contributed by atoms with van der Waals surface area (Å²) in [4.78, 5) is 28.0. The molecule has 2 saturated heterocycles. The molecule has 0 radical (unpaired) electrons. The van der Waals surface area contributed by atoms with Crippen molar-refractivity contribution >= 4 is 40.9 Å². The molecule has 2 aliphatic heterocycles. The van der Waals surface area contributed by atoms with Crippen LogP contribution in [0.1, 0.15) is 6.42 Å². The molecule has 0 saturated carbocycles. The van der Waals surface area contributed by atoms with Crippen LogP contribution in [0.25, 0.3) is 0 Å². The lowest BCUT2D eigenvalue weighted by atomic mass is 10.1. The number of halogens is 1. The Morgan fingerprint density at radius 2 is 2.05 bits per heavy atom. The maximum atomic E-state index is 12.3. The van der Waals surface area contributed by atoms with E-state index in [1.165, 1.54) is 0 Å². The fourth-order valence-corrected chi connectivity index (χ4v) is 3.67. The number of thioether (sulfide) groups is 1. The molecule has 4 nitrogen and oxygen atoms in total. The number of carbonyl (C=O) groups is 2. The Hall–Kier alpha value is -1.20. The van der Waals surface area contributed by atoms with E-state index in [9.17, 15) is 9.59 Å². The first-order chi connectivity index (χ1) is 9.65. The topological polar surface area (TPSA) is 40.6 Å². The SMILES string of the molecule is O=C(C1CC(=O)N(c2ccc(Cl)cc2)C1)N1CCSC1. The van der Waals surface area contributed by atoms with Crippen LogP contribution in [0.15, 0.2) is 24.3 Å². The van der Waals surface area contributed by atoms with Crippen LogP contribution in [0.4, 0.5) is 5.69 Å². The van der Waals surface area contributed by atoms with Gasteiger partial charge in [0.2, 0.25) is 11.8 Å². The summed E-state index contributed by atoms with van der Waals surface area (Å²) in [6.45, 7) is 1.27. The molecule has 2 aliphatic rings. The molecule has 106 valence electrons. The lowest BCUT2D eigenvalue weighted by Gasteiger charge is -2.20. The Morgan fingerprint density at radius 1 is 1.30 bits per heavy atom. The molecule has 0 spiro atoms. The molecule has 0 aromatic heterocycles. The minimum atomic E-state index is -0.211. The van der Waals surface area contributed by atoms with E-state index in [0.717, 1.165) is 23.9 Å². The van der Waals surface area contributed by atoms with Crippen molar-refractivity contribution in [2.45, 2.75) is 6.42 Å². The van der Waals surface area contributed by atoms with Crippen LogP contribution in [0.5, 0.6) is 0 Å². The van der Waals surface area contributed by atoms with Crippen molar-refractivity contribution in [2.24, 2.45) is 5.92 Å². The molecule has 3 rings (SSSR count). The maximum Gasteiger partial charge on any atom is 0.228 e. The van der Waals surface area contributed by atoms with E-state index < -0.39 is 0 Å². The van der Waals surface area contributed by atoms with Gasteiger partial charge >= 0.3 is 0 Å². The molecule has 0 bridgehead atoms. The van der Waals surface area contributed by atoms with Gasteiger partial charge in [-0.1, -0.05) is 11.6 Å². The summed E-state index contributed by atoms with van der Waals surface area (Å²) in [5.74, 6) is 1.66. The third kappa shape index (κ3) is 2.65. The van der Waals surface area contributed by atoms with E-state index in [-0.39, 0.29) is 17.7 Å². The second kappa shape index (κ2) is 5.66. The zero-order valence-electron chi connectivity index (χ0n) is 10.9. The van der Waals surface area contributed by atoms with E-state index in [2.05, 4.69) is 0 Å². The monoisotopic (exact) mass is 310 g/mol. The van der Waals surface area contributed by atoms with Gasteiger partial charge in [-0.3, -0.25) is 9.59 Å². The highest BCUT2D eigenvalue weighted by atomic mass is 35.5. The van der Waals surface area contributed by atoms with Gasteiger partial charge in [0.25, 0.3) is 0 Å². The summed E-state index contributed by atoms with van der Waals surface area (Å²) in [6.07, 6.45) is 0.308. The molecule has 1 aromatic carbocycles. The molecule has 20 heavy (non-hydrogen) atoms. The van der Waals surface area contributed by atoms with Crippen molar-refractivity contribution in [1.82, 2.24) is 4.90 Å². The molecule has 2 heterocycles. The molecular weight excluding hydrogens is 296 g/mol. The summed E-state index contributed by atoms with van der Waals surface area (Å²) in [5, 5.41) is 0.641. The van der Waals surface area contributed by atoms with Crippen molar-refractivity contribution in [3.63, 3.8) is 0 Å². The van der Waals surface area contributed by atoms with Crippen LogP contribution in [0.3, 0.4) is 0 Å². The molecule has 1 atom stereocenters. The Balaban J connectivity index is 1.71. The minimum absolute atomic E-state index is 0.0116. The fraction of sp³-hybridized carbons (Fsp3) is 0.429. The Morgan fingerprint density at radius 3 is 2.70 bits per heavy atom. The summed E-state index contributed by atoms with van der Waals surface area (Å²) >= 11 is 7.61. The van der Waals surface area contributed by atoms with E-state index in [0.29, 0.717) is 18.0 Å². The predicted molar refractivity (Wildman–Crippen MR) is 81.0 cm³/mol. The van der Waals surface area contributed by atoms with Gasteiger partial charge in [0.1, 0.15) is 0 Å². The molecule has 1 aromatic rings. The van der Waals surface area contributed by atoms with Crippen molar-refractivity contribution < 1.29 is 9.59 Å². The van der Waals surface area contributed by atoms with Gasteiger partial charge < -0.3 is 9.80 Å². The van der Waals surface area contributed by atoms with Crippen LogP contribution in [0, 0.1) is 5.92 Å². The second-order valence-corrected chi connectivity index (χ2v) is 6.53. The lowest BCUT2D eigenvalue weighted by molar-refractivity contribution is -0.134. The first-order valence-corrected chi connectivity index (χ1v) is 8.11. The maximum absolute atomic E-state index is 12.3. The van der Waals surface area contributed by atoms with Gasteiger partial charge in [0, 0.05) is 36.0 Å². The number of rotatable bonds is 2. The summed E-state index contributed by atoms with van der Waals surface area (Å²) in [6, 6.07) is 7.16. The molecule has 1 unspecified atom stereocenters. The van der Waals surface area contributed by atoms with Crippen molar-refractivity contribution in [3.05, 3.63) is 29.3 Å². The molecular formula is C14H15ClN2O2S. The first kappa shape index (κ1) is 13.8. The second-order valence-electron chi connectivity index (χ2n) is 5.02. The Labute approximate surface area is 127 Å². The summed E-state index contributed by atoms with van der Waals surface area (Å²) in [5.41, 5.74) is 0.811. The molecule has 2 amide bonds. The minimum Gasteiger partial charge on any atom is -0.332 e. The van der Waals surface area contributed by atoms with Crippen LogP contribution >= 0.6 is 23.4 Å². The van der Waals surface area contributed by atoms with Gasteiger partial charge in [-0.15, -0.1) is 11.8 Å². The smallest absolute Gasteiger partial charge is 0.228 e. The fourth-order valence-electron chi connectivity index (χ4n) is 2.59. The van der Waals surface area contributed by atoms with Gasteiger partial charge in [0.15, 0.2) is 0 Å². The molecule has 2 fully saturated rings. The number of carbonyl (C=O) groups excluding carboxylic acids is 2. The number of hydrogen-bond donors (Lipinski definition) is 0. The number of benzene rings is 1. The molecule has 0 N–H and O–H groups in total. The molecule has 6 heteroatoms. The zero-order chi connectivity index (χ0) is 14.1. The van der Waals surface area contributed by atoms with Gasteiger partial charge in [-0.2, -0.15) is 0 Å². The average Bonchev–Trinajstić information content (AvgIpc) is 3.08. The standard InChI is InChI=1S/C14H15ClN2O2S/c15-11-1-3-12(4-2-11)17-8-10(7-13(17)18)14(19)16-5-6-20-9-16/h1-4,10H,5-9H2. The zero-order valence-corrected chi connectivity index (χ0v) is 12.5. The molecule has 0 aliphatic carbocycles. The third-order valence-electron chi connectivity index (χ3n) is 3.68. The largest absolute Gasteiger partial charge is 0.332 e. The number of nitrogens with zero attached hydrogens (tertiary/aromatic N) is 2. The quantitative estimate of drug-likeness (QED) is 0.841. The average molecular weight is 311 g/mol. The van der Waals surface area contributed by atoms with Crippen molar-refractivity contribution in [3.8, 4) is 0 Å².